The zero-order chi connectivity index (χ0) is 22.0. The van der Waals surface area contributed by atoms with Crippen LogP contribution in [0.15, 0.2) is 72.9 Å². The second-order valence-electron chi connectivity index (χ2n) is 8.03. The Morgan fingerprint density at radius 3 is 2.47 bits per heavy atom. The molecule has 0 fully saturated rings. The predicted octanol–water partition coefficient (Wildman–Crippen LogP) is 4.99. The molecule has 2 aromatic heterocycles. The van der Waals surface area contributed by atoms with Gasteiger partial charge in [-0.3, -0.25) is 9.59 Å². The number of hydrogen-bond donors (Lipinski definition) is 0. The molecule has 3 heterocycles. The lowest BCUT2D eigenvalue weighted by Crippen LogP contribution is -2.29. The maximum Gasteiger partial charge on any atom is 0.267 e. The number of aromatic nitrogens is 3. The van der Waals surface area contributed by atoms with Crippen LogP contribution in [0.3, 0.4) is 0 Å². The van der Waals surface area contributed by atoms with E-state index in [-0.39, 0.29) is 11.8 Å². The Kier molecular flexibility index (Phi) is 3.80. The largest absolute Gasteiger partial charge is 0.268 e. The molecule has 0 radical (unpaired) electrons. The highest BCUT2D eigenvalue weighted by Gasteiger charge is 2.40. The highest BCUT2D eigenvalue weighted by Crippen LogP contribution is 2.37. The maximum atomic E-state index is 13.7. The zero-order valence-electron chi connectivity index (χ0n) is 17.5. The van der Waals surface area contributed by atoms with Crippen molar-refractivity contribution in [3.63, 3.8) is 0 Å². The Bertz CT molecular complexity index is 1590. The number of carbonyl (C=O) groups excluding carboxylic acids is 2. The molecule has 0 spiro atoms. The third-order valence-corrected chi connectivity index (χ3v) is 5.98. The molecule has 0 aliphatic carbocycles. The van der Waals surface area contributed by atoms with Gasteiger partial charge in [-0.1, -0.05) is 48.5 Å². The molecule has 1 aliphatic rings. The number of carbonyl (C=O) groups is 2. The number of benzene rings is 3. The summed E-state index contributed by atoms with van der Waals surface area (Å²) in [5.41, 5.74) is 4.42. The molecule has 6 nitrogen and oxygen atoms in total. The van der Waals surface area contributed by atoms with Crippen molar-refractivity contribution in [1.29, 1.82) is 0 Å². The van der Waals surface area contributed by atoms with Crippen LogP contribution in [0.4, 0.5) is 5.69 Å². The first-order valence-corrected chi connectivity index (χ1v) is 10.4. The van der Waals surface area contributed by atoms with Crippen LogP contribution in [-0.2, 0) is 0 Å². The highest BCUT2D eigenvalue weighted by molar-refractivity contribution is 6.38. The van der Waals surface area contributed by atoms with Crippen LogP contribution in [0, 0.1) is 13.8 Å². The van der Waals surface area contributed by atoms with E-state index in [1.165, 1.54) is 11.1 Å². The molecule has 2 amide bonds. The predicted molar refractivity (Wildman–Crippen MR) is 123 cm³/mol. The molecule has 0 bridgehead atoms. The van der Waals surface area contributed by atoms with Gasteiger partial charge in [0.25, 0.3) is 11.8 Å². The lowest BCUT2D eigenvalue weighted by Gasteiger charge is -2.16. The molecule has 0 N–H and O–H groups in total. The van der Waals surface area contributed by atoms with Crippen LogP contribution in [0.25, 0.3) is 27.5 Å². The first-order chi connectivity index (χ1) is 15.5. The van der Waals surface area contributed by atoms with Gasteiger partial charge in [-0.15, -0.1) is 0 Å². The summed E-state index contributed by atoms with van der Waals surface area (Å²) in [4.78, 5) is 32.8. The van der Waals surface area contributed by atoms with Crippen molar-refractivity contribution in [2.45, 2.75) is 13.8 Å². The molecule has 0 atom stereocenters. The monoisotopic (exact) mass is 418 g/mol. The van der Waals surface area contributed by atoms with Gasteiger partial charge in [0.15, 0.2) is 5.65 Å². The van der Waals surface area contributed by atoms with Gasteiger partial charge in [0, 0.05) is 11.6 Å². The van der Waals surface area contributed by atoms with Gasteiger partial charge >= 0.3 is 0 Å². The van der Waals surface area contributed by atoms with Crippen LogP contribution in [-0.4, -0.2) is 26.6 Å². The minimum absolute atomic E-state index is 0.308. The van der Waals surface area contributed by atoms with Crippen LogP contribution in [0.1, 0.15) is 32.0 Å². The lowest BCUT2D eigenvalue weighted by molar-refractivity contribution is 0.0927. The molecule has 0 saturated carbocycles. The van der Waals surface area contributed by atoms with Crippen LogP contribution in [0.5, 0.6) is 0 Å². The molecular formula is C26H18N4O2. The summed E-state index contributed by atoms with van der Waals surface area (Å²) in [6.07, 6.45) is 1.50. The molecule has 3 aromatic carbocycles. The number of amides is 2. The first-order valence-electron chi connectivity index (χ1n) is 10.4. The van der Waals surface area contributed by atoms with Gasteiger partial charge in [-0.25, -0.2) is 14.6 Å². The van der Waals surface area contributed by atoms with Crippen molar-refractivity contribution >= 4 is 39.3 Å². The van der Waals surface area contributed by atoms with E-state index in [0.717, 1.165) is 22.0 Å². The summed E-state index contributed by atoms with van der Waals surface area (Å²) in [5.74, 6) is -0.709. The fourth-order valence-electron chi connectivity index (χ4n) is 4.52. The molecule has 6 heteroatoms. The Labute approximate surface area is 183 Å². The number of anilines is 1. The fraction of sp³-hybridized carbons (Fsp3) is 0.0769. The van der Waals surface area contributed by atoms with E-state index in [4.69, 9.17) is 0 Å². The van der Waals surface area contributed by atoms with Crippen molar-refractivity contribution in [3.8, 4) is 5.69 Å². The quantitative estimate of drug-likeness (QED) is 0.379. The van der Waals surface area contributed by atoms with Gasteiger partial charge in [0.1, 0.15) is 0 Å². The standard InChI is InChI=1S/C26H18N4O2/c1-15-7-5-10-18(13-15)30-24-22(16(2)28-30)23-20(14-27-24)25(31)29(26(23)32)21-12-6-9-17-8-3-4-11-19(17)21/h3-14H,1-2H3. The van der Waals surface area contributed by atoms with Gasteiger partial charge < -0.3 is 0 Å². The summed E-state index contributed by atoms with van der Waals surface area (Å²) >= 11 is 0. The molecule has 0 unspecified atom stereocenters. The number of aryl methyl sites for hydroxylation is 2. The number of imide groups is 1. The number of fused-ring (bicyclic) bond motifs is 4. The Morgan fingerprint density at radius 2 is 1.62 bits per heavy atom. The average Bonchev–Trinajstić information content (AvgIpc) is 3.27. The van der Waals surface area contributed by atoms with Gasteiger partial charge in [0.05, 0.1) is 33.6 Å². The fourth-order valence-corrected chi connectivity index (χ4v) is 4.52. The second kappa shape index (κ2) is 6.59. The van der Waals surface area contributed by atoms with E-state index in [0.29, 0.717) is 33.5 Å². The number of pyridine rings is 1. The highest BCUT2D eigenvalue weighted by atomic mass is 16.2. The Balaban J connectivity index is 1.58. The van der Waals surface area contributed by atoms with E-state index in [1.54, 1.807) is 10.7 Å². The maximum absolute atomic E-state index is 13.7. The average molecular weight is 418 g/mol. The van der Waals surface area contributed by atoms with Crippen molar-refractivity contribution < 1.29 is 9.59 Å². The van der Waals surface area contributed by atoms with E-state index < -0.39 is 0 Å². The molecular weight excluding hydrogens is 400 g/mol. The molecule has 5 aromatic rings. The smallest absolute Gasteiger partial charge is 0.267 e. The van der Waals surface area contributed by atoms with E-state index in [1.807, 2.05) is 74.5 Å². The van der Waals surface area contributed by atoms with Crippen molar-refractivity contribution in [3.05, 3.63) is 95.3 Å². The summed E-state index contributed by atoms with van der Waals surface area (Å²) in [5, 5.41) is 7.09. The number of hydrogen-bond acceptors (Lipinski definition) is 4. The van der Waals surface area contributed by atoms with E-state index in [2.05, 4.69) is 10.1 Å². The first kappa shape index (κ1) is 18.4. The SMILES string of the molecule is Cc1cccc(-n2nc(C)c3c4c(cnc32)C(=O)N(c2cccc3ccccc23)C4=O)c1. The van der Waals surface area contributed by atoms with Gasteiger partial charge in [-0.05, 0) is 43.0 Å². The molecule has 0 saturated heterocycles. The lowest BCUT2D eigenvalue weighted by atomic mass is 10.1. The minimum Gasteiger partial charge on any atom is -0.268 e. The molecule has 154 valence electrons. The van der Waals surface area contributed by atoms with Gasteiger partial charge in [-0.2, -0.15) is 5.10 Å². The number of rotatable bonds is 2. The molecule has 6 rings (SSSR count). The topological polar surface area (TPSA) is 68.1 Å². The van der Waals surface area contributed by atoms with Crippen LogP contribution in [0.2, 0.25) is 0 Å². The normalized spacial score (nSPS) is 13.4. The van der Waals surface area contributed by atoms with Crippen molar-refractivity contribution in [2.24, 2.45) is 0 Å². The minimum atomic E-state index is -0.363. The third-order valence-electron chi connectivity index (χ3n) is 5.98. The summed E-state index contributed by atoms with van der Waals surface area (Å²) in [6.45, 7) is 3.85. The zero-order valence-corrected chi connectivity index (χ0v) is 17.5. The summed E-state index contributed by atoms with van der Waals surface area (Å²) in [7, 11) is 0. The Morgan fingerprint density at radius 1 is 0.844 bits per heavy atom. The summed E-state index contributed by atoms with van der Waals surface area (Å²) in [6, 6.07) is 21.3. The summed E-state index contributed by atoms with van der Waals surface area (Å²) < 4.78 is 1.73. The number of nitrogens with zero attached hydrogens (tertiary/aromatic N) is 4. The second-order valence-corrected chi connectivity index (χ2v) is 8.03. The van der Waals surface area contributed by atoms with E-state index in [9.17, 15) is 9.59 Å². The Hall–Kier alpha value is -4.32. The van der Waals surface area contributed by atoms with Crippen LogP contribution < -0.4 is 4.90 Å². The van der Waals surface area contributed by atoms with Crippen LogP contribution >= 0.6 is 0 Å². The van der Waals surface area contributed by atoms with Crippen molar-refractivity contribution in [2.75, 3.05) is 4.90 Å². The molecule has 32 heavy (non-hydrogen) atoms. The van der Waals surface area contributed by atoms with Gasteiger partial charge in [0.2, 0.25) is 0 Å². The van der Waals surface area contributed by atoms with Crippen molar-refractivity contribution in [1.82, 2.24) is 14.8 Å². The third kappa shape index (κ3) is 2.46. The molecule has 1 aliphatic heterocycles. The van der Waals surface area contributed by atoms with E-state index >= 15 is 0 Å².